The molecule has 1 rings (SSSR count). The topological polar surface area (TPSA) is 71.1 Å². The molecule has 1 saturated heterocycles. The molecule has 46 valence electrons. The van der Waals surface area contributed by atoms with Crippen LogP contribution in [0.2, 0.25) is 0 Å². The molecule has 0 aromatic heterocycles. The van der Waals surface area contributed by atoms with Gasteiger partial charge < -0.3 is 10.5 Å². The van der Waals surface area contributed by atoms with Crippen LogP contribution < -0.4 is 11.1 Å². The lowest BCUT2D eigenvalue weighted by atomic mass is 10.5. The standard InChI is InChI=1S/C4H9N3O/c5-3(6)4-7-1-2-8-4/h4,7H,1-2H2,(H3,5,6). The molecule has 1 unspecified atom stereocenters. The molecule has 0 saturated carbocycles. The highest BCUT2D eigenvalue weighted by atomic mass is 16.5. The first-order chi connectivity index (χ1) is 3.80. The lowest BCUT2D eigenvalue weighted by Gasteiger charge is -2.04. The Morgan fingerprint density at radius 2 is 2.62 bits per heavy atom. The predicted molar refractivity (Wildman–Crippen MR) is 29.7 cm³/mol. The summed E-state index contributed by atoms with van der Waals surface area (Å²) in [5.41, 5.74) is 5.09. The highest BCUT2D eigenvalue weighted by Crippen LogP contribution is 1.91. The Bertz CT molecular complexity index is 97.5. The molecular weight excluding hydrogens is 106 g/mol. The summed E-state index contributed by atoms with van der Waals surface area (Å²) >= 11 is 0. The molecule has 0 aliphatic carbocycles. The second kappa shape index (κ2) is 2.11. The summed E-state index contributed by atoms with van der Waals surface area (Å²) in [7, 11) is 0. The molecule has 0 aromatic rings. The third kappa shape index (κ3) is 0.962. The molecule has 4 nitrogen and oxygen atoms in total. The minimum Gasteiger partial charge on any atom is -0.384 e. The van der Waals surface area contributed by atoms with E-state index in [0.717, 1.165) is 6.54 Å². The van der Waals surface area contributed by atoms with Gasteiger partial charge in [-0.2, -0.15) is 0 Å². The molecule has 8 heavy (non-hydrogen) atoms. The Hall–Kier alpha value is -0.610. The molecule has 1 aliphatic rings. The lowest BCUT2D eigenvalue weighted by molar-refractivity contribution is 0.150. The highest BCUT2D eigenvalue weighted by molar-refractivity contribution is 5.81. The Morgan fingerprint density at radius 1 is 1.88 bits per heavy atom. The molecule has 0 amide bonds. The van der Waals surface area contributed by atoms with Gasteiger partial charge in [-0.3, -0.25) is 10.7 Å². The van der Waals surface area contributed by atoms with Gasteiger partial charge in [0.2, 0.25) is 0 Å². The van der Waals surface area contributed by atoms with Crippen molar-refractivity contribution in [3.05, 3.63) is 0 Å². The summed E-state index contributed by atoms with van der Waals surface area (Å²) in [6.07, 6.45) is -0.324. The van der Waals surface area contributed by atoms with Crippen LogP contribution >= 0.6 is 0 Å². The zero-order valence-electron chi connectivity index (χ0n) is 4.48. The van der Waals surface area contributed by atoms with E-state index >= 15 is 0 Å². The molecule has 1 fully saturated rings. The number of ether oxygens (including phenoxy) is 1. The van der Waals surface area contributed by atoms with E-state index in [1.54, 1.807) is 0 Å². The SMILES string of the molecule is N=C(N)C1NCCO1. The number of nitrogens with one attached hydrogen (secondary N) is 2. The maximum atomic E-state index is 6.88. The van der Waals surface area contributed by atoms with Crippen LogP contribution in [0, 0.1) is 5.41 Å². The molecule has 0 spiro atoms. The van der Waals surface area contributed by atoms with Gasteiger partial charge in [-0.25, -0.2) is 0 Å². The first-order valence-electron chi connectivity index (χ1n) is 2.49. The summed E-state index contributed by atoms with van der Waals surface area (Å²) in [6.45, 7) is 1.45. The maximum absolute atomic E-state index is 6.88. The monoisotopic (exact) mass is 115 g/mol. The molecular formula is C4H9N3O. The van der Waals surface area contributed by atoms with Gasteiger partial charge in [0.25, 0.3) is 0 Å². The fourth-order valence-corrected chi connectivity index (χ4v) is 0.625. The predicted octanol–water partition coefficient (Wildman–Crippen LogP) is -1.13. The maximum Gasteiger partial charge on any atom is 0.165 e. The van der Waals surface area contributed by atoms with Crippen LogP contribution in [-0.4, -0.2) is 25.2 Å². The van der Waals surface area contributed by atoms with Crippen molar-refractivity contribution in [2.24, 2.45) is 5.73 Å². The van der Waals surface area contributed by atoms with Crippen LogP contribution in [0.15, 0.2) is 0 Å². The molecule has 0 bridgehead atoms. The van der Waals surface area contributed by atoms with Crippen LogP contribution in [0.1, 0.15) is 0 Å². The first-order valence-corrected chi connectivity index (χ1v) is 2.49. The number of hydrogen-bond donors (Lipinski definition) is 3. The Balaban J connectivity index is 2.35. The van der Waals surface area contributed by atoms with Crippen molar-refractivity contribution in [1.29, 1.82) is 5.41 Å². The van der Waals surface area contributed by atoms with Gasteiger partial charge in [-0.05, 0) is 0 Å². The Morgan fingerprint density at radius 3 is 2.88 bits per heavy atom. The van der Waals surface area contributed by atoms with Crippen LogP contribution in [0.3, 0.4) is 0 Å². The van der Waals surface area contributed by atoms with E-state index in [1.165, 1.54) is 0 Å². The molecule has 4 heteroatoms. The van der Waals surface area contributed by atoms with Crippen molar-refractivity contribution in [3.63, 3.8) is 0 Å². The van der Waals surface area contributed by atoms with Gasteiger partial charge in [-0.15, -0.1) is 0 Å². The van der Waals surface area contributed by atoms with Gasteiger partial charge in [0.1, 0.15) is 5.84 Å². The molecule has 0 radical (unpaired) electrons. The third-order valence-electron chi connectivity index (χ3n) is 0.999. The van der Waals surface area contributed by atoms with Crippen molar-refractivity contribution < 1.29 is 4.74 Å². The van der Waals surface area contributed by atoms with Crippen molar-refractivity contribution in [2.75, 3.05) is 13.2 Å². The fourth-order valence-electron chi connectivity index (χ4n) is 0.625. The Kier molecular flexibility index (Phi) is 1.45. The van der Waals surface area contributed by atoms with Crippen molar-refractivity contribution in [2.45, 2.75) is 6.23 Å². The number of hydrogen-bond acceptors (Lipinski definition) is 3. The Labute approximate surface area is 47.5 Å². The van der Waals surface area contributed by atoms with Crippen LogP contribution in [0.25, 0.3) is 0 Å². The van der Waals surface area contributed by atoms with Gasteiger partial charge >= 0.3 is 0 Å². The summed E-state index contributed by atoms with van der Waals surface area (Å²) < 4.78 is 4.95. The van der Waals surface area contributed by atoms with Crippen LogP contribution in [0.4, 0.5) is 0 Å². The minimum absolute atomic E-state index is 0.0579. The van der Waals surface area contributed by atoms with E-state index < -0.39 is 0 Å². The van der Waals surface area contributed by atoms with E-state index in [0.29, 0.717) is 6.61 Å². The fraction of sp³-hybridized carbons (Fsp3) is 0.750. The lowest BCUT2D eigenvalue weighted by Crippen LogP contribution is -2.36. The van der Waals surface area contributed by atoms with Gasteiger partial charge in [0.05, 0.1) is 6.61 Å². The highest BCUT2D eigenvalue weighted by Gasteiger charge is 2.15. The van der Waals surface area contributed by atoms with E-state index in [4.69, 9.17) is 15.9 Å². The van der Waals surface area contributed by atoms with E-state index in [1.807, 2.05) is 0 Å². The van der Waals surface area contributed by atoms with Gasteiger partial charge in [-0.1, -0.05) is 0 Å². The molecule has 4 N–H and O–H groups in total. The van der Waals surface area contributed by atoms with Crippen molar-refractivity contribution in [3.8, 4) is 0 Å². The number of amidine groups is 1. The third-order valence-corrected chi connectivity index (χ3v) is 0.999. The van der Waals surface area contributed by atoms with Crippen LogP contribution in [0.5, 0.6) is 0 Å². The quantitative estimate of drug-likeness (QED) is 0.299. The largest absolute Gasteiger partial charge is 0.384 e. The smallest absolute Gasteiger partial charge is 0.165 e. The summed E-state index contributed by atoms with van der Waals surface area (Å²) in [6, 6.07) is 0. The van der Waals surface area contributed by atoms with E-state index in [2.05, 4.69) is 5.32 Å². The zero-order valence-corrected chi connectivity index (χ0v) is 4.48. The molecule has 0 aromatic carbocycles. The zero-order chi connectivity index (χ0) is 5.98. The summed E-state index contributed by atoms with van der Waals surface area (Å²) in [4.78, 5) is 0. The average Bonchev–Trinajstić information content (AvgIpc) is 2.12. The second-order valence-electron chi connectivity index (χ2n) is 1.66. The van der Waals surface area contributed by atoms with Gasteiger partial charge in [0, 0.05) is 6.54 Å². The normalized spacial score (nSPS) is 28.2. The first kappa shape index (κ1) is 5.53. The van der Waals surface area contributed by atoms with Gasteiger partial charge in [0.15, 0.2) is 6.23 Å². The number of rotatable bonds is 1. The van der Waals surface area contributed by atoms with E-state index in [9.17, 15) is 0 Å². The molecule has 1 heterocycles. The molecule has 1 atom stereocenters. The van der Waals surface area contributed by atoms with Crippen molar-refractivity contribution >= 4 is 5.84 Å². The minimum atomic E-state index is -0.324. The van der Waals surface area contributed by atoms with Crippen LogP contribution in [-0.2, 0) is 4.74 Å². The number of nitrogens with two attached hydrogens (primary N) is 1. The second-order valence-corrected chi connectivity index (χ2v) is 1.66. The average molecular weight is 115 g/mol. The van der Waals surface area contributed by atoms with Crippen molar-refractivity contribution in [1.82, 2.24) is 5.32 Å². The summed E-state index contributed by atoms with van der Waals surface area (Å²) in [5, 5.41) is 9.77. The van der Waals surface area contributed by atoms with E-state index in [-0.39, 0.29) is 12.1 Å². The molecule has 1 aliphatic heterocycles. The summed E-state index contributed by atoms with van der Waals surface area (Å²) in [5.74, 6) is 0.0579.